The molecule has 6 nitrogen and oxygen atoms in total. The Balaban J connectivity index is 4.18. The predicted octanol–water partition coefficient (Wildman–Crippen LogP) is -3.06. The second-order valence-electron chi connectivity index (χ2n) is 2.57. The molecule has 0 bridgehead atoms. The molecule has 0 radical (unpaired) electrons. The van der Waals surface area contributed by atoms with Gasteiger partial charge < -0.3 is 26.2 Å². The molecule has 6 N–H and O–H groups in total. The van der Waals surface area contributed by atoms with Gasteiger partial charge in [0.1, 0.15) is 12.2 Å². The molecular formula is C6H13NO5. The number of carbonyl (C=O) groups is 1. The smallest absolute Gasteiger partial charge is 0.249 e. The van der Waals surface area contributed by atoms with Crippen LogP contribution in [0.5, 0.6) is 0 Å². The molecule has 0 saturated heterocycles. The number of primary amides is 1. The van der Waals surface area contributed by atoms with Crippen LogP contribution in [0, 0.1) is 0 Å². The van der Waals surface area contributed by atoms with Crippen LogP contribution in [0.2, 0.25) is 0 Å². The summed E-state index contributed by atoms with van der Waals surface area (Å²) >= 11 is 0. The van der Waals surface area contributed by atoms with Crippen molar-refractivity contribution in [3.05, 3.63) is 0 Å². The lowest BCUT2D eigenvalue weighted by Crippen LogP contribution is -2.48. The fourth-order valence-electron chi connectivity index (χ4n) is 0.640. The van der Waals surface area contributed by atoms with Crippen molar-refractivity contribution in [3.63, 3.8) is 0 Å². The fraction of sp³-hybridized carbons (Fsp3) is 0.833. The van der Waals surface area contributed by atoms with Crippen molar-refractivity contribution in [1.82, 2.24) is 0 Å². The SMILES string of the molecule is CC(O)C(O)C(O)C(O)C(N)=O. The number of hydrogen-bond donors (Lipinski definition) is 5. The van der Waals surface area contributed by atoms with Crippen molar-refractivity contribution >= 4 is 5.91 Å². The summed E-state index contributed by atoms with van der Waals surface area (Å²) in [5.41, 5.74) is 4.63. The lowest BCUT2D eigenvalue weighted by Gasteiger charge is -2.22. The van der Waals surface area contributed by atoms with Crippen LogP contribution in [-0.2, 0) is 4.79 Å². The standard InChI is InChI=1S/C6H13NO5/c1-2(8)3(9)4(10)5(11)6(7)12/h2-5,8-11H,1H3,(H2,7,12). The molecule has 0 aromatic carbocycles. The first-order chi connectivity index (χ1) is 5.37. The summed E-state index contributed by atoms with van der Waals surface area (Å²) in [7, 11) is 0. The number of aliphatic hydroxyl groups excluding tert-OH is 4. The van der Waals surface area contributed by atoms with Crippen LogP contribution >= 0.6 is 0 Å². The molecule has 0 spiro atoms. The van der Waals surface area contributed by atoms with E-state index in [4.69, 9.17) is 20.4 Å². The van der Waals surface area contributed by atoms with E-state index in [9.17, 15) is 4.79 Å². The fourth-order valence-corrected chi connectivity index (χ4v) is 0.640. The Morgan fingerprint density at radius 2 is 1.58 bits per heavy atom. The quantitative estimate of drug-likeness (QED) is 0.313. The zero-order chi connectivity index (χ0) is 9.89. The molecule has 72 valence electrons. The van der Waals surface area contributed by atoms with Crippen LogP contribution in [0.3, 0.4) is 0 Å². The predicted molar refractivity (Wildman–Crippen MR) is 38.9 cm³/mol. The normalized spacial score (nSPS) is 21.1. The summed E-state index contributed by atoms with van der Waals surface area (Å²) in [5, 5.41) is 35.5. The summed E-state index contributed by atoms with van der Waals surface area (Å²) in [5.74, 6) is -1.15. The Morgan fingerprint density at radius 1 is 1.17 bits per heavy atom. The topological polar surface area (TPSA) is 124 Å². The van der Waals surface area contributed by atoms with Crippen molar-refractivity contribution in [2.45, 2.75) is 31.3 Å². The molecule has 0 heterocycles. The van der Waals surface area contributed by atoms with Gasteiger partial charge in [0, 0.05) is 0 Å². The van der Waals surface area contributed by atoms with E-state index in [1.54, 1.807) is 0 Å². The van der Waals surface area contributed by atoms with Crippen molar-refractivity contribution < 1.29 is 25.2 Å². The highest BCUT2D eigenvalue weighted by Gasteiger charge is 2.31. The molecule has 0 fully saturated rings. The Labute approximate surface area is 69.2 Å². The van der Waals surface area contributed by atoms with E-state index >= 15 is 0 Å². The number of aliphatic hydroxyl groups is 4. The molecule has 0 rings (SSSR count). The molecule has 4 unspecified atom stereocenters. The van der Waals surface area contributed by atoms with E-state index in [1.807, 2.05) is 0 Å². The number of nitrogens with two attached hydrogens (primary N) is 1. The van der Waals surface area contributed by atoms with E-state index in [0.29, 0.717) is 0 Å². The average molecular weight is 179 g/mol. The second kappa shape index (κ2) is 4.36. The van der Waals surface area contributed by atoms with E-state index in [0.717, 1.165) is 0 Å². The Morgan fingerprint density at radius 3 is 1.83 bits per heavy atom. The van der Waals surface area contributed by atoms with Gasteiger partial charge in [0.15, 0.2) is 6.10 Å². The minimum atomic E-state index is -1.87. The highest BCUT2D eigenvalue weighted by molar-refractivity contribution is 5.79. The largest absolute Gasteiger partial charge is 0.391 e. The van der Waals surface area contributed by atoms with E-state index in [2.05, 4.69) is 5.73 Å². The number of rotatable bonds is 4. The molecule has 0 saturated carbocycles. The van der Waals surface area contributed by atoms with Gasteiger partial charge in [-0.2, -0.15) is 0 Å². The van der Waals surface area contributed by atoms with Crippen LogP contribution in [0.15, 0.2) is 0 Å². The maximum absolute atomic E-state index is 10.3. The summed E-state index contributed by atoms with van der Waals surface area (Å²) in [6.07, 6.45) is -6.46. The van der Waals surface area contributed by atoms with Crippen molar-refractivity contribution in [1.29, 1.82) is 0 Å². The van der Waals surface area contributed by atoms with Gasteiger partial charge >= 0.3 is 0 Å². The highest BCUT2D eigenvalue weighted by atomic mass is 16.4. The third-order valence-corrected chi connectivity index (χ3v) is 1.46. The number of hydrogen-bond acceptors (Lipinski definition) is 5. The third kappa shape index (κ3) is 2.74. The van der Waals surface area contributed by atoms with Crippen LogP contribution in [0.1, 0.15) is 6.92 Å². The maximum atomic E-state index is 10.3. The van der Waals surface area contributed by atoms with Crippen molar-refractivity contribution in [3.8, 4) is 0 Å². The first-order valence-electron chi connectivity index (χ1n) is 3.39. The Hall–Kier alpha value is -0.690. The van der Waals surface area contributed by atoms with Gasteiger partial charge in [0.25, 0.3) is 0 Å². The first-order valence-corrected chi connectivity index (χ1v) is 3.39. The minimum Gasteiger partial charge on any atom is -0.391 e. The molecule has 1 amide bonds. The summed E-state index contributed by atoms with van der Waals surface area (Å²) in [6, 6.07) is 0. The number of amides is 1. The molecule has 6 heteroatoms. The molecule has 12 heavy (non-hydrogen) atoms. The average Bonchev–Trinajstić information content (AvgIpc) is 2.00. The van der Waals surface area contributed by atoms with E-state index in [1.165, 1.54) is 6.92 Å². The third-order valence-electron chi connectivity index (χ3n) is 1.46. The molecule has 0 aromatic rings. The van der Waals surface area contributed by atoms with Crippen molar-refractivity contribution in [2.75, 3.05) is 0 Å². The molecule has 0 aromatic heterocycles. The molecular weight excluding hydrogens is 166 g/mol. The van der Waals surface area contributed by atoms with Crippen LogP contribution < -0.4 is 5.73 Å². The highest BCUT2D eigenvalue weighted by Crippen LogP contribution is 2.03. The van der Waals surface area contributed by atoms with Crippen LogP contribution in [-0.4, -0.2) is 50.7 Å². The van der Waals surface area contributed by atoms with Crippen molar-refractivity contribution in [2.24, 2.45) is 5.73 Å². The van der Waals surface area contributed by atoms with Crippen LogP contribution in [0.4, 0.5) is 0 Å². The van der Waals surface area contributed by atoms with Gasteiger partial charge in [-0.05, 0) is 6.92 Å². The monoisotopic (exact) mass is 179 g/mol. The minimum absolute atomic E-state index is 1.15. The van der Waals surface area contributed by atoms with Gasteiger partial charge in [-0.3, -0.25) is 4.79 Å². The summed E-state index contributed by atoms with van der Waals surface area (Å²) in [6.45, 7) is 1.21. The molecule has 0 aliphatic rings. The zero-order valence-electron chi connectivity index (χ0n) is 6.58. The second-order valence-corrected chi connectivity index (χ2v) is 2.57. The molecule has 0 aliphatic heterocycles. The van der Waals surface area contributed by atoms with Gasteiger partial charge in [0.05, 0.1) is 6.10 Å². The molecule has 4 atom stereocenters. The lowest BCUT2D eigenvalue weighted by atomic mass is 10.0. The van der Waals surface area contributed by atoms with Gasteiger partial charge in [0.2, 0.25) is 5.91 Å². The van der Waals surface area contributed by atoms with E-state index < -0.39 is 30.3 Å². The maximum Gasteiger partial charge on any atom is 0.249 e. The Bertz CT molecular complexity index is 160. The summed E-state index contributed by atoms with van der Waals surface area (Å²) < 4.78 is 0. The van der Waals surface area contributed by atoms with E-state index in [-0.39, 0.29) is 0 Å². The zero-order valence-corrected chi connectivity index (χ0v) is 6.58. The number of carbonyl (C=O) groups excluding carboxylic acids is 1. The Kier molecular flexibility index (Phi) is 4.11. The lowest BCUT2D eigenvalue weighted by molar-refractivity contribution is -0.142. The van der Waals surface area contributed by atoms with Gasteiger partial charge in [-0.25, -0.2) is 0 Å². The van der Waals surface area contributed by atoms with Gasteiger partial charge in [-0.15, -0.1) is 0 Å². The van der Waals surface area contributed by atoms with Gasteiger partial charge in [-0.1, -0.05) is 0 Å². The van der Waals surface area contributed by atoms with Crippen LogP contribution in [0.25, 0.3) is 0 Å². The first kappa shape index (κ1) is 11.3. The summed E-state index contributed by atoms with van der Waals surface area (Å²) in [4.78, 5) is 10.3. The molecule has 0 aliphatic carbocycles.